The van der Waals surface area contributed by atoms with Gasteiger partial charge in [-0.05, 0) is 37.0 Å². The molecule has 3 unspecified atom stereocenters. The van der Waals surface area contributed by atoms with Crippen LogP contribution in [0.2, 0.25) is 5.02 Å². The van der Waals surface area contributed by atoms with Gasteiger partial charge in [-0.3, -0.25) is 0 Å². The molecule has 1 aliphatic rings. The van der Waals surface area contributed by atoms with E-state index in [0.29, 0.717) is 12.0 Å². The first kappa shape index (κ1) is 14.3. The fourth-order valence-electron chi connectivity index (χ4n) is 2.67. The Hall–Kier alpha value is -0.0900. The zero-order valence-corrected chi connectivity index (χ0v) is 12.9. The zero-order valence-electron chi connectivity index (χ0n) is 10.5. The summed E-state index contributed by atoms with van der Waals surface area (Å²) in [5.41, 5.74) is 7.45. The topological polar surface area (TPSA) is 35.2 Å². The second kappa shape index (κ2) is 6.38. The fraction of sp³-hybridized carbons (Fsp3) is 0.571. The van der Waals surface area contributed by atoms with Gasteiger partial charge in [-0.15, -0.1) is 0 Å². The molecule has 1 saturated heterocycles. The van der Waals surface area contributed by atoms with Crippen molar-refractivity contribution in [1.82, 2.24) is 0 Å². The number of nitrogens with two attached hydrogens (primary N) is 1. The molecule has 0 saturated carbocycles. The first-order chi connectivity index (χ1) is 8.61. The average Bonchev–Trinajstić information content (AvgIpc) is 2.81. The van der Waals surface area contributed by atoms with Crippen LogP contribution in [0.5, 0.6) is 0 Å². The van der Waals surface area contributed by atoms with E-state index in [-0.39, 0.29) is 6.04 Å². The highest BCUT2D eigenvalue weighted by molar-refractivity contribution is 9.10. The van der Waals surface area contributed by atoms with E-state index in [1.165, 1.54) is 0 Å². The van der Waals surface area contributed by atoms with Crippen LogP contribution in [0.15, 0.2) is 22.7 Å². The molecule has 1 fully saturated rings. The van der Waals surface area contributed by atoms with Gasteiger partial charge < -0.3 is 10.5 Å². The molecule has 1 aliphatic heterocycles. The minimum Gasteiger partial charge on any atom is -0.378 e. The summed E-state index contributed by atoms with van der Waals surface area (Å²) >= 11 is 9.65. The van der Waals surface area contributed by atoms with Crippen molar-refractivity contribution in [3.05, 3.63) is 33.3 Å². The molecular formula is C14H19BrClNO. The lowest BCUT2D eigenvalue weighted by Crippen LogP contribution is -2.37. The lowest BCUT2D eigenvalue weighted by atomic mass is 9.88. The summed E-state index contributed by atoms with van der Waals surface area (Å²) in [4.78, 5) is 0. The molecule has 2 nitrogen and oxygen atoms in total. The van der Waals surface area contributed by atoms with Crippen molar-refractivity contribution in [2.75, 3.05) is 6.61 Å². The molecule has 0 radical (unpaired) electrons. The van der Waals surface area contributed by atoms with Gasteiger partial charge in [0.05, 0.1) is 6.10 Å². The predicted molar refractivity (Wildman–Crippen MR) is 79.0 cm³/mol. The van der Waals surface area contributed by atoms with Gasteiger partial charge in [0, 0.05) is 28.1 Å². The Labute approximate surface area is 122 Å². The molecule has 0 aromatic heterocycles. The summed E-state index contributed by atoms with van der Waals surface area (Å²) in [5.74, 6) is 0.453. The van der Waals surface area contributed by atoms with Crippen LogP contribution in [-0.2, 0) is 11.2 Å². The largest absolute Gasteiger partial charge is 0.378 e. The van der Waals surface area contributed by atoms with E-state index in [2.05, 4.69) is 22.9 Å². The van der Waals surface area contributed by atoms with E-state index >= 15 is 0 Å². The quantitative estimate of drug-likeness (QED) is 0.910. The number of hydrogen-bond donors (Lipinski definition) is 1. The molecule has 0 spiro atoms. The molecular weight excluding hydrogens is 314 g/mol. The van der Waals surface area contributed by atoms with Crippen LogP contribution in [-0.4, -0.2) is 18.8 Å². The van der Waals surface area contributed by atoms with Gasteiger partial charge in [-0.25, -0.2) is 0 Å². The maximum Gasteiger partial charge on any atom is 0.0616 e. The second-order valence-electron chi connectivity index (χ2n) is 4.87. The monoisotopic (exact) mass is 331 g/mol. The molecule has 3 atom stereocenters. The molecule has 0 amide bonds. The van der Waals surface area contributed by atoms with E-state index in [9.17, 15) is 0 Å². The molecule has 100 valence electrons. The summed E-state index contributed by atoms with van der Waals surface area (Å²) in [5, 5.41) is 0.784. The Morgan fingerprint density at radius 1 is 1.56 bits per heavy atom. The van der Waals surface area contributed by atoms with E-state index in [0.717, 1.165) is 40.9 Å². The number of benzene rings is 1. The first-order valence-corrected chi connectivity index (χ1v) is 7.60. The zero-order chi connectivity index (χ0) is 13.1. The van der Waals surface area contributed by atoms with E-state index < -0.39 is 0 Å². The molecule has 0 aliphatic carbocycles. The smallest absolute Gasteiger partial charge is 0.0616 e. The van der Waals surface area contributed by atoms with Crippen LogP contribution in [0.25, 0.3) is 0 Å². The highest BCUT2D eigenvalue weighted by Gasteiger charge is 2.31. The third-order valence-corrected chi connectivity index (χ3v) is 4.53. The van der Waals surface area contributed by atoms with Crippen molar-refractivity contribution in [1.29, 1.82) is 0 Å². The molecule has 2 rings (SSSR count). The third kappa shape index (κ3) is 3.27. The summed E-state index contributed by atoms with van der Waals surface area (Å²) < 4.78 is 6.70. The molecule has 1 aromatic carbocycles. The standard InChI is InChI=1S/C14H19BrClNO/c1-2-14-11(5-6-18-14)13(17)7-9-3-4-10(15)8-12(9)16/h3-4,8,11,13-14H,2,5-7,17H2,1H3. The average molecular weight is 333 g/mol. The minimum atomic E-state index is 0.121. The van der Waals surface area contributed by atoms with Crippen LogP contribution in [0.3, 0.4) is 0 Å². The van der Waals surface area contributed by atoms with Crippen molar-refractivity contribution in [2.24, 2.45) is 11.7 Å². The Bertz CT molecular complexity index is 413. The van der Waals surface area contributed by atoms with E-state index in [1.54, 1.807) is 0 Å². The maximum atomic E-state index is 6.33. The van der Waals surface area contributed by atoms with Crippen LogP contribution >= 0.6 is 27.5 Å². The third-order valence-electron chi connectivity index (χ3n) is 3.68. The van der Waals surface area contributed by atoms with E-state index in [1.807, 2.05) is 18.2 Å². The SMILES string of the molecule is CCC1OCCC1C(N)Cc1ccc(Br)cc1Cl. The van der Waals surface area contributed by atoms with Gasteiger partial charge in [-0.1, -0.05) is 40.5 Å². The van der Waals surface area contributed by atoms with Gasteiger partial charge in [-0.2, -0.15) is 0 Å². The number of hydrogen-bond acceptors (Lipinski definition) is 2. The Balaban J connectivity index is 2.04. The fourth-order valence-corrected chi connectivity index (χ4v) is 3.42. The summed E-state index contributed by atoms with van der Waals surface area (Å²) in [6, 6.07) is 6.10. The summed E-state index contributed by atoms with van der Waals surface area (Å²) in [6.07, 6.45) is 3.23. The molecule has 1 aromatic rings. The van der Waals surface area contributed by atoms with Crippen LogP contribution in [0.1, 0.15) is 25.3 Å². The Morgan fingerprint density at radius 2 is 2.33 bits per heavy atom. The summed E-state index contributed by atoms with van der Waals surface area (Å²) in [6.45, 7) is 2.99. The van der Waals surface area contributed by atoms with Crippen molar-refractivity contribution in [3.8, 4) is 0 Å². The maximum absolute atomic E-state index is 6.33. The molecule has 1 heterocycles. The highest BCUT2D eigenvalue weighted by Crippen LogP contribution is 2.29. The van der Waals surface area contributed by atoms with Gasteiger partial charge in [0.1, 0.15) is 0 Å². The molecule has 0 bridgehead atoms. The normalized spacial score (nSPS) is 25.3. The Kier molecular flexibility index (Phi) is 5.07. The van der Waals surface area contributed by atoms with Gasteiger partial charge in [0.2, 0.25) is 0 Å². The van der Waals surface area contributed by atoms with Gasteiger partial charge in [0.15, 0.2) is 0 Å². The lowest BCUT2D eigenvalue weighted by molar-refractivity contribution is 0.0814. The van der Waals surface area contributed by atoms with Crippen molar-refractivity contribution in [2.45, 2.75) is 38.3 Å². The number of ether oxygens (including phenoxy) is 1. The van der Waals surface area contributed by atoms with Gasteiger partial charge in [0.25, 0.3) is 0 Å². The molecule has 4 heteroatoms. The number of rotatable bonds is 4. The minimum absolute atomic E-state index is 0.121. The summed E-state index contributed by atoms with van der Waals surface area (Å²) in [7, 11) is 0. The second-order valence-corrected chi connectivity index (χ2v) is 6.20. The Morgan fingerprint density at radius 3 is 3.00 bits per heavy atom. The highest BCUT2D eigenvalue weighted by atomic mass is 79.9. The van der Waals surface area contributed by atoms with Crippen LogP contribution < -0.4 is 5.73 Å². The molecule has 18 heavy (non-hydrogen) atoms. The van der Waals surface area contributed by atoms with Crippen molar-refractivity contribution >= 4 is 27.5 Å². The van der Waals surface area contributed by atoms with Crippen LogP contribution in [0.4, 0.5) is 0 Å². The van der Waals surface area contributed by atoms with Crippen molar-refractivity contribution in [3.63, 3.8) is 0 Å². The van der Waals surface area contributed by atoms with E-state index in [4.69, 9.17) is 22.1 Å². The molecule has 2 N–H and O–H groups in total. The van der Waals surface area contributed by atoms with Gasteiger partial charge >= 0.3 is 0 Å². The van der Waals surface area contributed by atoms with Crippen LogP contribution in [0, 0.1) is 5.92 Å². The predicted octanol–water partition coefficient (Wildman–Crippen LogP) is 3.79. The lowest BCUT2D eigenvalue weighted by Gasteiger charge is -2.24. The van der Waals surface area contributed by atoms with Crippen molar-refractivity contribution < 1.29 is 4.74 Å². The first-order valence-electron chi connectivity index (χ1n) is 6.43. The number of halogens is 2.